The van der Waals surface area contributed by atoms with E-state index in [1.54, 1.807) is 35.2 Å². The third-order valence-electron chi connectivity index (χ3n) is 4.80. The number of thiazole rings is 1. The van der Waals surface area contributed by atoms with Gasteiger partial charge < -0.3 is 14.6 Å². The Labute approximate surface area is 181 Å². The third-order valence-corrected chi connectivity index (χ3v) is 7.79. The van der Waals surface area contributed by atoms with Crippen molar-refractivity contribution in [3.8, 4) is 5.75 Å². The molecule has 0 saturated carbocycles. The van der Waals surface area contributed by atoms with E-state index in [1.807, 2.05) is 0 Å². The maximum Gasteiger partial charge on any atom is 0.305 e. The number of halogens is 1. The first-order valence-electron chi connectivity index (χ1n) is 9.12. The lowest BCUT2D eigenvalue weighted by molar-refractivity contribution is -0.134. The van der Waals surface area contributed by atoms with Crippen molar-refractivity contribution < 1.29 is 17.9 Å². The van der Waals surface area contributed by atoms with E-state index in [0.717, 1.165) is 11.3 Å². The van der Waals surface area contributed by atoms with E-state index in [9.17, 15) is 18.0 Å². The highest BCUT2D eigenvalue weighted by Gasteiger charge is 2.30. The van der Waals surface area contributed by atoms with Gasteiger partial charge in [-0.2, -0.15) is 4.31 Å². The molecule has 8 nitrogen and oxygen atoms in total. The molecule has 1 aliphatic heterocycles. The van der Waals surface area contributed by atoms with Crippen molar-refractivity contribution in [1.82, 2.24) is 14.2 Å². The molecule has 1 saturated heterocycles. The molecule has 2 aromatic carbocycles. The predicted molar refractivity (Wildman–Crippen MR) is 115 cm³/mol. The molecule has 4 rings (SSSR count). The topological polar surface area (TPSA) is 99.8 Å². The van der Waals surface area contributed by atoms with Crippen molar-refractivity contribution in [2.45, 2.75) is 4.90 Å². The highest BCUT2D eigenvalue weighted by molar-refractivity contribution is 7.89. The molecule has 0 bridgehead atoms. The number of benzene rings is 2. The largest absolute Gasteiger partial charge is 0.484 e. The molecule has 3 aromatic rings. The van der Waals surface area contributed by atoms with Crippen molar-refractivity contribution in [3.63, 3.8) is 0 Å². The number of rotatable bonds is 5. The van der Waals surface area contributed by atoms with E-state index in [1.165, 1.54) is 16.4 Å². The zero-order valence-corrected chi connectivity index (χ0v) is 18.1. The molecule has 0 radical (unpaired) electrons. The molecule has 1 amide bonds. The summed E-state index contributed by atoms with van der Waals surface area (Å²) in [5.74, 6) is 0.330. The number of ether oxygens (including phenoxy) is 1. The fraction of sp³-hybridized carbons (Fsp3) is 0.263. The highest BCUT2D eigenvalue weighted by atomic mass is 35.5. The molecule has 11 heteroatoms. The number of nitrogens with one attached hydrogen (secondary N) is 1. The van der Waals surface area contributed by atoms with Gasteiger partial charge >= 0.3 is 4.87 Å². The van der Waals surface area contributed by atoms with Crippen LogP contribution in [0, 0.1) is 0 Å². The molecule has 0 aliphatic carbocycles. The lowest BCUT2D eigenvalue weighted by Gasteiger charge is -2.34. The second-order valence-electron chi connectivity index (χ2n) is 6.70. The number of carbonyl (C=O) groups is 1. The van der Waals surface area contributed by atoms with Crippen LogP contribution < -0.4 is 9.61 Å². The lowest BCUT2D eigenvalue weighted by Crippen LogP contribution is -2.51. The van der Waals surface area contributed by atoms with Gasteiger partial charge in [0, 0.05) is 31.2 Å². The Hall–Kier alpha value is -2.40. The van der Waals surface area contributed by atoms with Crippen molar-refractivity contribution in [2.24, 2.45) is 0 Å². The van der Waals surface area contributed by atoms with Gasteiger partial charge in [-0.3, -0.25) is 9.59 Å². The number of piperazine rings is 1. The van der Waals surface area contributed by atoms with Gasteiger partial charge in [0.1, 0.15) is 5.75 Å². The average Bonchev–Trinajstić information content (AvgIpc) is 3.12. The molecule has 1 aliphatic rings. The first-order valence-corrected chi connectivity index (χ1v) is 11.8. The summed E-state index contributed by atoms with van der Waals surface area (Å²) >= 11 is 6.79. The van der Waals surface area contributed by atoms with Gasteiger partial charge in [0.05, 0.1) is 15.1 Å². The smallest absolute Gasteiger partial charge is 0.305 e. The van der Waals surface area contributed by atoms with Crippen molar-refractivity contribution >= 4 is 49.1 Å². The minimum atomic E-state index is -3.71. The Morgan fingerprint density at radius 2 is 1.80 bits per heavy atom. The molecular weight excluding hydrogens is 450 g/mol. The van der Waals surface area contributed by atoms with E-state index in [-0.39, 0.29) is 48.5 Å². The highest BCUT2D eigenvalue weighted by Crippen LogP contribution is 2.23. The monoisotopic (exact) mass is 467 g/mol. The molecule has 158 valence electrons. The van der Waals surface area contributed by atoms with Crippen LogP contribution in [0.25, 0.3) is 10.2 Å². The molecule has 1 aromatic heterocycles. The van der Waals surface area contributed by atoms with Gasteiger partial charge in [0.15, 0.2) is 6.61 Å². The number of carbonyl (C=O) groups excluding carboxylic acids is 1. The molecular formula is C19H18ClN3O5S2. The average molecular weight is 468 g/mol. The zero-order valence-electron chi connectivity index (χ0n) is 15.7. The van der Waals surface area contributed by atoms with Crippen LogP contribution in [-0.4, -0.2) is 61.3 Å². The summed E-state index contributed by atoms with van der Waals surface area (Å²) in [5, 5.41) is 0.579. The Bertz CT molecular complexity index is 1230. The molecule has 0 atom stereocenters. The number of fused-ring (bicyclic) bond motifs is 1. The third kappa shape index (κ3) is 4.36. The maximum atomic E-state index is 13.0. The van der Waals surface area contributed by atoms with Gasteiger partial charge in [0.2, 0.25) is 10.0 Å². The molecule has 2 heterocycles. The van der Waals surface area contributed by atoms with Gasteiger partial charge in [-0.05, 0) is 42.5 Å². The number of H-pyrrole nitrogens is 1. The van der Waals surface area contributed by atoms with Crippen LogP contribution in [0.1, 0.15) is 0 Å². The first-order chi connectivity index (χ1) is 14.3. The quantitative estimate of drug-likeness (QED) is 0.619. The second kappa shape index (κ2) is 8.38. The number of sulfonamides is 1. The van der Waals surface area contributed by atoms with Crippen LogP contribution in [0.15, 0.2) is 52.2 Å². The number of hydrogen-bond acceptors (Lipinski definition) is 6. The summed E-state index contributed by atoms with van der Waals surface area (Å²) in [7, 11) is -3.71. The number of hydrogen-bond donors (Lipinski definition) is 1. The van der Waals surface area contributed by atoms with E-state index < -0.39 is 10.0 Å². The zero-order chi connectivity index (χ0) is 21.3. The van der Waals surface area contributed by atoms with Crippen LogP contribution >= 0.6 is 22.9 Å². The van der Waals surface area contributed by atoms with Crippen LogP contribution in [0.2, 0.25) is 5.02 Å². The van der Waals surface area contributed by atoms with E-state index in [2.05, 4.69) is 4.98 Å². The predicted octanol–water partition coefficient (Wildman–Crippen LogP) is 2.15. The molecule has 0 spiro atoms. The van der Waals surface area contributed by atoms with Gasteiger partial charge in [-0.15, -0.1) is 0 Å². The Kier molecular flexibility index (Phi) is 5.83. The van der Waals surface area contributed by atoms with E-state index >= 15 is 0 Å². The second-order valence-corrected chi connectivity index (χ2v) is 10.1. The van der Waals surface area contributed by atoms with Crippen molar-refractivity contribution in [3.05, 3.63) is 57.2 Å². The lowest BCUT2D eigenvalue weighted by atomic mass is 10.3. The minimum absolute atomic E-state index is 0.128. The summed E-state index contributed by atoms with van der Waals surface area (Å²) in [6.45, 7) is 0.813. The fourth-order valence-corrected chi connectivity index (χ4v) is 5.61. The summed E-state index contributed by atoms with van der Waals surface area (Å²) in [6.07, 6.45) is 0. The fourth-order valence-electron chi connectivity index (χ4n) is 3.18. The standard InChI is InChI=1S/C19H18ClN3O5S2/c20-13-1-3-14(4-2-13)28-12-18(24)22-7-9-23(10-8-22)30(26,27)15-5-6-16-17(11-15)29-19(25)21-16/h1-6,11H,7-10,12H2,(H,21,25). The number of aromatic amines is 1. The Morgan fingerprint density at radius 3 is 2.50 bits per heavy atom. The van der Waals surface area contributed by atoms with Gasteiger partial charge in [-0.1, -0.05) is 22.9 Å². The molecule has 1 fully saturated rings. The van der Waals surface area contributed by atoms with Crippen LogP contribution in [-0.2, 0) is 14.8 Å². The van der Waals surface area contributed by atoms with E-state index in [4.69, 9.17) is 16.3 Å². The summed E-state index contributed by atoms with van der Waals surface area (Å²) in [6, 6.07) is 11.3. The molecule has 1 N–H and O–H groups in total. The summed E-state index contributed by atoms with van der Waals surface area (Å²) in [5.41, 5.74) is 0.611. The Morgan fingerprint density at radius 1 is 1.10 bits per heavy atom. The van der Waals surface area contributed by atoms with E-state index in [0.29, 0.717) is 21.0 Å². The van der Waals surface area contributed by atoms with Gasteiger partial charge in [-0.25, -0.2) is 8.42 Å². The number of nitrogens with zero attached hydrogens (tertiary/aromatic N) is 2. The van der Waals surface area contributed by atoms with Crippen LogP contribution in [0.5, 0.6) is 5.75 Å². The minimum Gasteiger partial charge on any atom is -0.484 e. The SMILES string of the molecule is O=C(COc1ccc(Cl)cc1)N1CCN(S(=O)(=O)c2ccc3[nH]c(=O)sc3c2)CC1. The van der Waals surface area contributed by atoms with Crippen molar-refractivity contribution in [2.75, 3.05) is 32.8 Å². The summed E-state index contributed by atoms with van der Waals surface area (Å²) < 4.78 is 33.3. The number of aromatic nitrogens is 1. The number of amides is 1. The first kappa shape index (κ1) is 20.9. The molecule has 0 unspecified atom stereocenters. The maximum absolute atomic E-state index is 13.0. The van der Waals surface area contributed by atoms with Gasteiger partial charge in [0.25, 0.3) is 5.91 Å². The normalized spacial score (nSPS) is 15.4. The Balaban J connectivity index is 1.37. The van der Waals surface area contributed by atoms with Crippen molar-refractivity contribution in [1.29, 1.82) is 0 Å². The van der Waals surface area contributed by atoms with Crippen LogP contribution in [0.3, 0.4) is 0 Å². The summed E-state index contributed by atoms with van der Waals surface area (Å²) in [4.78, 5) is 28.0. The molecule has 30 heavy (non-hydrogen) atoms. The van der Waals surface area contributed by atoms with Crippen LogP contribution in [0.4, 0.5) is 0 Å².